The number of phenolic OH excluding ortho intramolecular Hbond substituents is 2. The van der Waals surface area contributed by atoms with Crippen molar-refractivity contribution in [2.75, 3.05) is 23.0 Å². The molecule has 4 aromatic carbocycles. The maximum absolute atomic E-state index is 12.5. The molecule has 0 aliphatic carbocycles. The summed E-state index contributed by atoms with van der Waals surface area (Å²) >= 11 is 2.64. The highest BCUT2D eigenvalue weighted by Crippen LogP contribution is 2.27. The predicted molar refractivity (Wildman–Crippen MR) is 162 cm³/mol. The molecule has 8 nitrogen and oxygen atoms in total. The Kier molecular flexibility index (Phi) is 10.8. The van der Waals surface area contributed by atoms with Crippen molar-refractivity contribution >= 4 is 47.0 Å². The number of thioether (sulfide) groups is 2. The van der Waals surface area contributed by atoms with Crippen LogP contribution in [0.4, 0.5) is 0 Å². The molecular weight excluding hydrogens is 576 g/mol. The van der Waals surface area contributed by atoms with Crippen molar-refractivity contribution in [3.05, 3.63) is 119 Å². The van der Waals surface area contributed by atoms with E-state index in [0.717, 1.165) is 0 Å². The highest BCUT2D eigenvalue weighted by atomic mass is 32.2. The molecule has 0 aromatic heterocycles. The van der Waals surface area contributed by atoms with Gasteiger partial charge >= 0.3 is 11.9 Å². The molecule has 0 unspecified atom stereocenters. The average Bonchev–Trinajstić information content (AvgIpc) is 2.99. The molecule has 0 aliphatic rings. The predicted octanol–water partition coefficient (Wildman–Crippen LogP) is 5.54. The number of esters is 2. The third-order valence-corrected chi connectivity index (χ3v) is 7.90. The van der Waals surface area contributed by atoms with E-state index in [1.54, 1.807) is 60.7 Å². The van der Waals surface area contributed by atoms with Gasteiger partial charge in [-0.05, 0) is 24.3 Å². The number of ether oxygens (including phenoxy) is 2. The second-order valence-corrected chi connectivity index (χ2v) is 11.0. The molecule has 0 heterocycles. The van der Waals surface area contributed by atoms with Gasteiger partial charge in [-0.15, -0.1) is 23.5 Å². The minimum atomic E-state index is -0.514. The molecule has 4 rings (SSSR count). The van der Waals surface area contributed by atoms with Crippen LogP contribution in [0.3, 0.4) is 0 Å². The van der Waals surface area contributed by atoms with Gasteiger partial charge in [-0.2, -0.15) is 0 Å². The first-order chi connectivity index (χ1) is 20.3. The van der Waals surface area contributed by atoms with Crippen LogP contribution >= 0.6 is 23.5 Å². The first-order valence-corrected chi connectivity index (χ1v) is 15.0. The van der Waals surface area contributed by atoms with Gasteiger partial charge in [-0.3, -0.25) is 19.2 Å². The average molecular weight is 603 g/mol. The van der Waals surface area contributed by atoms with Gasteiger partial charge in [0.2, 0.25) is 0 Å². The van der Waals surface area contributed by atoms with Gasteiger partial charge in [-0.1, -0.05) is 60.7 Å². The number of phenols is 2. The minimum Gasteiger partial charge on any atom is -0.507 e. The normalized spacial score (nSPS) is 10.6. The Hall–Kier alpha value is -4.54. The second-order valence-electron chi connectivity index (χ2n) is 8.80. The van der Waals surface area contributed by atoms with Crippen molar-refractivity contribution < 1.29 is 38.9 Å². The standard InChI is InChI=1S/C32H26O8S2/c33-27-17-23(11-13-25(27)31(37)21-7-3-1-4-8-21)39-29(35)19-41-15-16-42-20-30(36)40-24-12-14-26(28(34)18-24)32(38)22-9-5-2-6-10-22/h1-14,17-18,33-34H,15-16,19-20H2. The zero-order valence-electron chi connectivity index (χ0n) is 22.2. The molecular formula is C32H26O8S2. The lowest BCUT2D eigenvalue weighted by Gasteiger charge is -2.08. The lowest BCUT2D eigenvalue weighted by atomic mass is 10.0. The molecule has 0 atom stereocenters. The van der Waals surface area contributed by atoms with Gasteiger partial charge in [-0.25, -0.2) is 0 Å². The van der Waals surface area contributed by atoms with Crippen LogP contribution in [0.1, 0.15) is 31.8 Å². The molecule has 0 amide bonds. The zero-order chi connectivity index (χ0) is 29.9. The summed E-state index contributed by atoms with van der Waals surface area (Å²) in [5, 5.41) is 20.5. The molecule has 0 spiro atoms. The van der Waals surface area contributed by atoms with Crippen LogP contribution in [-0.2, 0) is 9.59 Å². The van der Waals surface area contributed by atoms with Crippen LogP contribution in [0, 0.1) is 0 Å². The first kappa shape index (κ1) is 30.4. The van der Waals surface area contributed by atoms with Crippen LogP contribution in [0.2, 0.25) is 0 Å². The van der Waals surface area contributed by atoms with Crippen molar-refractivity contribution in [3.63, 3.8) is 0 Å². The van der Waals surface area contributed by atoms with E-state index in [1.807, 2.05) is 0 Å². The number of aromatic hydroxyl groups is 2. The molecule has 0 fully saturated rings. The van der Waals surface area contributed by atoms with Crippen molar-refractivity contribution in [2.24, 2.45) is 0 Å². The lowest BCUT2D eigenvalue weighted by Crippen LogP contribution is -2.13. The molecule has 0 saturated carbocycles. The van der Waals surface area contributed by atoms with Gasteiger partial charge in [0.05, 0.1) is 22.6 Å². The van der Waals surface area contributed by atoms with Gasteiger partial charge in [0, 0.05) is 34.8 Å². The maximum Gasteiger partial charge on any atom is 0.321 e. The number of hydrogen-bond donors (Lipinski definition) is 2. The van der Waals surface area contributed by atoms with Gasteiger partial charge in [0.1, 0.15) is 23.0 Å². The van der Waals surface area contributed by atoms with Crippen LogP contribution < -0.4 is 9.47 Å². The Morgan fingerprint density at radius 2 is 0.929 bits per heavy atom. The van der Waals surface area contributed by atoms with E-state index in [0.29, 0.717) is 22.6 Å². The third-order valence-electron chi connectivity index (χ3n) is 5.77. The number of carbonyl (C=O) groups is 4. The Morgan fingerprint density at radius 3 is 1.29 bits per heavy atom. The molecule has 214 valence electrons. The van der Waals surface area contributed by atoms with Crippen LogP contribution in [0.25, 0.3) is 0 Å². The molecule has 4 aromatic rings. The fourth-order valence-electron chi connectivity index (χ4n) is 3.77. The molecule has 2 N–H and O–H groups in total. The van der Waals surface area contributed by atoms with Crippen molar-refractivity contribution in [1.82, 2.24) is 0 Å². The van der Waals surface area contributed by atoms with Gasteiger partial charge in [0.15, 0.2) is 11.6 Å². The van der Waals surface area contributed by atoms with Crippen LogP contribution in [0.15, 0.2) is 97.1 Å². The SMILES string of the molecule is O=C(CSCCSCC(=O)Oc1ccc(C(=O)c2ccccc2)c(O)c1)Oc1ccc(C(=O)c2ccccc2)c(O)c1. The molecule has 0 bridgehead atoms. The van der Waals surface area contributed by atoms with Crippen molar-refractivity contribution in [2.45, 2.75) is 0 Å². The number of hydrogen-bond acceptors (Lipinski definition) is 10. The molecule has 42 heavy (non-hydrogen) atoms. The second kappa shape index (κ2) is 14.9. The van der Waals surface area contributed by atoms with E-state index in [-0.39, 0.29) is 57.2 Å². The monoisotopic (exact) mass is 602 g/mol. The summed E-state index contributed by atoms with van der Waals surface area (Å²) in [6.07, 6.45) is 0. The summed E-state index contributed by atoms with van der Waals surface area (Å²) in [6.45, 7) is 0. The summed E-state index contributed by atoms with van der Waals surface area (Å²) in [6, 6.07) is 25.3. The first-order valence-electron chi connectivity index (χ1n) is 12.7. The highest BCUT2D eigenvalue weighted by molar-refractivity contribution is 8.03. The maximum atomic E-state index is 12.5. The Morgan fingerprint density at radius 1 is 0.548 bits per heavy atom. The van der Waals surface area contributed by atoms with Crippen molar-refractivity contribution in [3.8, 4) is 23.0 Å². The van der Waals surface area contributed by atoms with E-state index in [1.165, 1.54) is 59.9 Å². The van der Waals surface area contributed by atoms with E-state index in [9.17, 15) is 29.4 Å². The van der Waals surface area contributed by atoms with Crippen LogP contribution in [-0.4, -0.2) is 56.7 Å². The fourth-order valence-corrected chi connectivity index (χ4v) is 5.46. The Labute approximate surface area is 250 Å². The molecule has 0 radical (unpaired) electrons. The summed E-state index contributed by atoms with van der Waals surface area (Å²) in [4.78, 5) is 49.4. The van der Waals surface area contributed by atoms with Crippen molar-refractivity contribution in [1.29, 1.82) is 0 Å². The summed E-state index contributed by atoms with van der Waals surface area (Å²) in [5.74, 6) is -0.753. The van der Waals surface area contributed by atoms with E-state index < -0.39 is 11.9 Å². The summed E-state index contributed by atoms with van der Waals surface area (Å²) in [7, 11) is 0. The summed E-state index contributed by atoms with van der Waals surface area (Å²) in [5.41, 5.74) is 1.09. The van der Waals surface area contributed by atoms with Gasteiger partial charge < -0.3 is 19.7 Å². The highest BCUT2D eigenvalue weighted by Gasteiger charge is 2.17. The van der Waals surface area contributed by atoms with E-state index in [2.05, 4.69) is 0 Å². The number of rotatable bonds is 13. The largest absolute Gasteiger partial charge is 0.507 e. The summed E-state index contributed by atoms with van der Waals surface area (Å²) < 4.78 is 10.5. The fraction of sp³-hybridized carbons (Fsp3) is 0.125. The Balaban J connectivity index is 1.14. The molecule has 0 saturated heterocycles. The molecule has 10 heteroatoms. The number of benzene rings is 4. The smallest absolute Gasteiger partial charge is 0.321 e. The number of ketones is 2. The molecule has 0 aliphatic heterocycles. The lowest BCUT2D eigenvalue weighted by molar-refractivity contribution is -0.132. The van der Waals surface area contributed by atoms with E-state index >= 15 is 0 Å². The van der Waals surface area contributed by atoms with Gasteiger partial charge in [0.25, 0.3) is 0 Å². The zero-order valence-corrected chi connectivity index (χ0v) is 23.9. The van der Waals surface area contributed by atoms with E-state index in [4.69, 9.17) is 9.47 Å². The number of carbonyl (C=O) groups excluding carboxylic acids is 4. The Bertz CT molecular complexity index is 1450. The topological polar surface area (TPSA) is 127 Å². The third kappa shape index (κ3) is 8.48. The quantitative estimate of drug-likeness (QED) is 0.0872. The minimum absolute atomic E-state index is 0.0593. The van der Waals surface area contributed by atoms with Crippen LogP contribution in [0.5, 0.6) is 23.0 Å².